The number of amides is 1. The molecule has 0 aliphatic heterocycles. The van der Waals surface area contributed by atoms with Crippen LogP contribution in [0.5, 0.6) is 0 Å². The molecule has 0 saturated carbocycles. The quantitative estimate of drug-likeness (QED) is 0.0421. The molecule has 2 atom stereocenters. The van der Waals surface area contributed by atoms with Crippen molar-refractivity contribution in [3.05, 3.63) is 158 Å². The molecule has 0 fully saturated rings. The molecular weight excluding hydrogens is 819 g/mol. The van der Waals surface area contributed by atoms with Gasteiger partial charge in [-0.05, 0) is 122 Å². The van der Waals surface area contributed by atoms with Gasteiger partial charge in [0.1, 0.15) is 0 Å². The second-order valence-electron chi connectivity index (χ2n) is 17.5. The van der Waals surface area contributed by atoms with Crippen molar-refractivity contribution >= 4 is 5.91 Å². The van der Waals surface area contributed by atoms with Crippen molar-refractivity contribution in [2.75, 3.05) is 6.61 Å². The van der Waals surface area contributed by atoms with Crippen molar-refractivity contribution in [2.45, 2.75) is 225 Å². The number of carbonyl (C=O) groups is 1. The van der Waals surface area contributed by atoms with Crippen LogP contribution in [0.15, 0.2) is 158 Å². The average molecular weight is 921 g/mol. The number of unbranched alkanes of at least 4 members (excludes halogenated alkanes) is 16. The van der Waals surface area contributed by atoms with E-state index in [-0.39, 0.29) is 12.5 Å². The molecule has 0 heterocycles. The molecule has 67 heavy (non-hydrogen) atoms. The van der Waals surface area contributed by atoms with E-state index in [4.69, 9.17) is 0 Å². The van der Waals surface area contributed by atoms with Gasteiger partial charge in [0.25, 0.3) is 0 Å². The molecule has 3 N–H and O–H groups in total. The van der Waals surface area contributed by atoms with Crippen LogP contribution in [-0.2, 0) is 4.79 Å². The fraction of sp³-hybridized carbons (Fsp3) is 0.571. The Kier molecular flexibility index (Phi) is 53.0. The summed E-state index contributed by atoms with van der Waals surface area (Å²) in [7, 11) is 0. The standard InChI is InChI=1S/C63H101NO3/c1-3-5-7-9-11-13-15-17-19-21-23-24-25-26-27-28-29-30-31-32-33-34-35-36-37-38-39-40-41-43-45-47-49-51-53-55-57-59-63(67)64-61(60-65)62(66)58-56-54-52-50-48-46-44-42-22-20-18-16-14-12-10-8-6-4-2/h5,7,11,13,17,19,22-24,26-27,29-30,32-33,35-36,38-39,41-43,48,50,56,58,61-62,65-66H,3-4,6,8-10,12,14-16,18,20-21,25,28,31,34,37,40,44-47,49,51-55,57,59-60H2,1-2H3,(H,64,67)/b7-5-,13-11-,19-17-,24-23-,27-26-,30-29-,33-32-,36-35-,39-38-,42-22+,43-41-,50-48+,58-56+. The van der Waals surface area contributed by atoms with Crippen LogP contribution < -0.4 is 5.32 Å². The first-order valence-electron chi connectivity index (χ1n) is 27.2. The van der Waals surface area contributed by atoms with Crippen LogP contribution in [0, 0.1) is 0 Å². The van der Waals surface area contributed by atoms with Crippen molar-refractivity contribution in [3.8, 4) is 0 Å². The van der Waals surface area contributed by atoms with Crippen molar-refractivity contribution in [1.29, 1.82) is 0 Å². The summed E-state index contributed by atoms with van der Waals surface area (Å²) in [5.74, 6) is -0.0999. The lowest BCUT2D eigenvalue weighted by Crippen LogP contribution is -2.45. The first kappa shape index (κ1) is 63.0. The van der Waals surface area contributed by atoms with Gasteiger partial charge in [0.2, 0.25) is 5.91 Å². The normalized spacial score (nSPS) is 14.1. The summed E-state index contributed by atoms with van der Waals surface area (Å²) in [6.07, 6.45) is 90.9. The fourth-order valence-corrected chi connectivity index (χ4v) is 7.12. The Morgan fingerprint density at radius 1 is 0.373 bits per heavy atom. The Labute approximate surface area is 414 Å². The van der Waals surface area contributed by atoms with Crippen LogP contribution in [0.25, 0.3) is 0 Å². The van der Waals surface area contributed by atoms with E-state index < -0.39 is 12.1 Å². The zero-order valence-electron chi connectivity index (χ0n) is 43.1. The van der Waals surface area contributed by atoms with E-state index in [0.717, 1.165) is 116 Å². The van der Waals surface area contributed by atoms with Gasteiger partial charge in [-0.25, -0.2) is 0 Å². The molecule has 0 spiro atoms. The van der Waals surface area contributed by atoms with E-state index >= 15 is 0 Å². The number of hydrogen-bond donors (Lipinski definition) is 3. The third kappa shape index (κ3) is 52.8. The fourth-order valence-electron chi connectivity index (χ4n) is 7.12. The summed E-state index contributed by atoms with van der Waals surface area (Å²) in [5, 5.41) is 23.1. The van der Waals surface area contributed by atoms with Crippen molar-refractivity contribution in [2.24, 2.45) is 0 Å². The number of nitrogens with one attached hydrogen (secondary N) is 1. The van der Waals surface area contributed by atoms with Crippen LogP contribution in [0.3, 0.4) is 0 Å². The monoisotopic (exact) mass is 920 g/mol. The Bertz CT molecular complexity index is 1460. The Morgan fingerprint density at radius 3 is 1.04 bits per heavy atom. The lowest BCUT2D eigenvalue weighted by molar-refractivity contribution is -0.123. The highest BCUT2D eigenvalue weighted by Crippen LogP contribution is 2.12. The summed E-state index contributed by atoms with van der Waals surface area (Å²) >= 11 is 0. The molecule has 2 unspecified atom stereocenters. The Balaban J connectivity index is 3.72. The minimum atomic E-state index is -0.888. The van der Waals surface area contributed by atoms with Gasteiger partial charge in [-0.1, -0.05) is 242 Å². The lowest BCUT2D eigenvalue weighted by Gasteiger charge is -2.19. The predicted octanol–water partition coefficient (Wildman–Crippen LogP) is 18.2. The highest BCUT2D eigenvalue weighted by atomic mass is 16.3. The second kappa shape index (κ2) is 56.3. The number of rotatable bonds is 47. The molecule has 4 nitrogen and oxygen atoms in total. The van der Waals surface area contributed by atoms with Crippen LogP contribution in [-0.4, -0.2) is 34.9 Å². The van der Waals surface area contributed by atoms with Crippen LogP contribution in [0.4, 0.5) is 0 Å². The van der Waals surface area contributed by atoms with Gasteiger partial charge in [0, 0.05) is 6.42 Å². The summed E-state index contributed by atoms with van der Waals surface area (Å²) in [4.78, 5) is 12.4. The molecule has 0 aromatic carbocycles. The first-order chi connectivity index (χ1) is 33.2. The van der Waals surface area contributed by atoms with Gasteiger partial charge in [-0.2, -0.15) is 0 Å². The number of hydrogen-bond acceptors (Lipinski definition) is 3. The summed E-state index contributed by atoms with van der Waals surface area (Å²) in [5.41, 5.74) is 0. The van der Waals surface area contributed by atoms with E-state index in [1.807, 2.05) is 6.08 Å². The molecule has 0 bridgehead atoms. The van der Waals surface area contributed by atoms with Gasteiger partial charge in [-0.3, -0.25) is 4.79 Å². The maximum absolute atomic E-state index is 12.4. The molecule has 376 valence electrons. The number of aliphatic hydroxyl groups excluding tert-OH is 2. The molecular formula is C63H101NO3. The summed E-state index contributed by atoms with van der Waals surface area (Å²) < 4.78 is 0. The number of allylic oxidation sites excluding steroid dienone is 25. The molecule has 0 aromatic rings. The van der Waals surface area contributed by atoms with Gasteiger partial charge >= 0.3 is 0 Å². The topological polar surface area (TPSA) is 69.6 Å². The minimum Gasteiger partial charge on any atom is -0.394 e. The van der Waals surface area contributed by atoms with Crippen molar-refractivity contribution < 1.29 is 15.0 Å². The molecule has 0 aliphatic carbocycles. The summed E-state index contributed by atoms with van der Waals surface area (Å²) in [6.45, 7) is 4.16. The highest BCUT2D eigenvalue weighted by Gasteiger charge is 2.17. The average Bonchev–Trinajstić information content (AvgIpc) is 3.33. The van der Waals surface area contributed by atoms with E-state index in [1.54, 1.807) is 6.08 Å². The van der Waals surface area contributed by atoms with Gasteiger partial charge in [-0.15, -0.1) is 0 Å². The smallest absolute Gasteiger partial charge is 0.220 e. The van der Waals surface area contributed by atoms with Crippen molar-refractivity contribution in [3.63, 3.8) is 0 Å². The maximum atomic E-state index is 12.4. The van der Waals surface area contributed by atoms with Crippen LogP contribution in [0.1, 0.15) is 213 Å². The van der Waals surface area contributed by atoms with Gasteiger partial charge < -0.3 is 15.5 Å². The highest BCUT2D eigenvalue weighted by molar-refractivity contribution is 5.76. The van der Waals surface area contributed by atoms with Crippen LogP contribution >= 0.6 is 0 Å². The number of aliphatic hydroxyl groups is 2. The largest absolute Gasteiger partial charge is 0.394 e. The second-order valence-corrected chi connectivity index (χ2v) is 17.5. The molecule has 0 aliphatic rings. The van der Waals surface area contributed by atoms with E-state index in [2.05, 4.69) is 165 Å². The molecule has 0 aromatic heterocycles. The zero-order valence-corrected chi connectivity index (χ0v) is 43.1. The van der Waals surface area contributed by atoms with Crippen molar-refractivity contribution in [1.82, 2.24) is 5.32 Å². The third-order valence-corrected chi connectivity index (χ3v) is 11.2. The molecule has 0 saturated heterocycles. The summed E-state index contributed by atoms with van der Waals surface area (Å²) in [6, 6.07) is -0.666. The Hall–Kier alpha value is -3.99. The van der Waals surface area contributed by atoms with Crippen LogP contribution in [0.2, 0.25) is 0 Å². The zero-order chi connectivity index (χ0) is 48.5. The molecule has 0 rings (SSSR count). The molecule has 4 heteroatoms. The van der Waals surface area contributed by atoms with Gasteiger partial charge in [0.05, 0.1) is 18.8 Å². The molecule has 0 radical (unpaired) electrons. The third-order valence-electron chi connectivity index (χ3n) is 11.2. The SMILES string of the molecule is CC/C=C\C/C=C\C/C=C\C/C=C\C/C=C\C/C=C\C/C=C\C/C=C\C/C=C\C/C=C\CCCCCCCCC(=O)NC(CO)C(O)/C=C/CC/C=C/CC/C=C/CCCCCCCCCC. The first-order valence-corrected chi connectivity index (χ1v) is 27.2. The van der Waals surface area contributed by atoms with E-state index in [0.29, 0.717) is 6.42 Å². The van der Waals surface area contributed by atoms with Gasteiger partial charge in [0.15, 0.2) is 0 Å². The number of carbonyl (C=O) groups excluding carboxylic acids is 1. The lowest BCUT2D eigenvalue weighted by atomic mass is 10.1. The molecule has 1 amide bonds. The van der Waals surface area contributed by atoms with E-state index in [9.17, 15) is 15.0 Å². The minimum absolute atomic E-state index is 0.0999. The maximum Gasteiger partial charge on any atom is 0.220 e. The predicted molar refractivity (Wildman–Crippen MR) is 298 cm³/mol. The Morgan fingerprint density at radius 2 is 0.672 bits per heavy atom. The van der Waals surface area contributed by atoms with E-state index in [1.165, 1.54) is 77.0 Å².